The van der Waals surface area contributed by atoms with E-state index in [0.717, 1.165) is 11.3 Å². The highest BCUT2D eigenvalue weighted by Gasteiger charge is 2.54. The minimum Gasteiger partial charge on any atom is -0.477 e. The molecule has 12 nitrogen and oxygen atoms in total. The fraction of sp³-hybridized carbons (Fsp3) is 0.353. The number of β-lactam (4-membered cyclic amide) rings is 1. The van der Waals surface area contributed by atoms with Crippen molar-refractivity contribution in [1.82, 2.24) is 25.4 Å². The highest BCUT2D eigenvalue weighted by Crippen LogP contribution is 2.41. The van der Waals surface area contributed by atoms with E-state index >= 15 is 0 Å². The zero-order chi connectivity index (χ0) is 24.2. The summed E-state index contributed by atoms with van der Waals surface area (Å²) in [7, 11) is 0. The van der Waals surface area contributed by atoms with Crippen molar-refractivity contribution in [2.45, 2.75) is 15.8 Å². The van der Waals surface area contributed by atoms with Crippen LogP contribution in [0.4, 0.5) is 5.13 Å². The Kier molecular flexibility index (Phi) is 7.92. The lowest BCUT2D eigenvalue weighted by Crippen LogP contribution is -2.71. The zero-order valence-electron chi connectivity index (χ0n) is 17.0. The van der Waals surface area contributed by atoms with E-state index in [1.54, 1.807) is 5.51 Å². The first-order valence-electron chi connectivity index (χ1n) is 9.47. The van der Waals surface area contributed by atoms with E-state index in [-0.39, 0.29) is 34.7 Å². The molecule has 0 aromatic carbocycles. The van der Waals surface area contributed by atoms with Gasteiger partial charge in [-0.2, -0.15) is 0 Å². The second-order valence-electron chi connectivity index (χ2n) is 6.64. The third kappa shape index (κ3) is 5.14. The van der Waals surface area contributed by atoms with Gasteiger partial charge in [0.05, 0.1) is 5.88 Å². The molecule has 0 radical (unpaired) electrons. The molecule has 1 fully saturated rings. The standard InChI is InChI=1S/C17H16ClN7O5S4/c18-1-2-30-24-9(8-5-32-16(19)21-8)12(26)22-10-13(27)25-11(15(28)29)7(3-31-14(10)25)4-33-17-23-20-6-34-17/h5-6,10,14H,1-4H2,(H2,19,21)(H,22,26)(H,28,29)/t10?,14-/m1/s1. The molecule has 17 heteroatoms. The van der Waals surface area contributed by atoms with Crippen molar-refractivity contribution >= 4 is 86.4 Å². The molecule has 180 valence electrons. The van der Waals surface area contributed by atoms with Crippen LogP contribution >= 0.6 is 57.8 Å². The van der Waals surface area contributed by atoms with Crippen molar-refractivity contribution in [2.24, 2.45) is 5.16 Å². The molecule has 2 aromatic heterocycles. The lowest BCUT2D eigenvalue weighted by atomic mass is 10.0. The van der Waals surface area contributed by atoms with Crippen LogP contribution in [0.5, 0.6) is 0 Å². The van der Waals surface area contributed by atoms with Crippen LogP contribution < -0.4 is 11.1 Å². The molecule has 0 spiro atoms. The van der Waals surface area contributed by atoms with Crippen LogP contribution in [0.2, 0.25) is 0 Å². The number of nitrogen functional groups attached to an aromatic ring is 1. The van der Waals surface area contributed by atoms with Gasteiger partial charge >= 0.3 is 5.97 Å². The summed E-state index contributed by atoms with van der Waals surface area (Å²) in [5.74, 6) is -1.52. The van der Waals surface area contributed by atoms with Crippen LogP contribution in [0.1, 0.15) is 5.69 Å². The maximum absolute atomic E-state index is 12.9. The fourth-order valence-corrected chi connectivity index (χ4v) is 6.71. The third-order valence-electron chi connectivity index (χ3n) is 4.55. The minimum atomic E-state index is -1.20. The van der Waals surface area contributed by atoms with E-state index in [9.17, 15) is 19.5 Å². The van der Waals surface area contributed by atoms with Gasteiger partial charge in [0, 0.05) is 16.9 Å². The fourth-order valence-electron chi connectivity index (χ4n) is 3.12. The lowest BCUT2D eigenvalue weighted by molar-refractivity contribution is -0.150. The molecule has 2 aliphatic heterocycles. The number of aromatic nitrogens is 3. The molecule has 0 saturated carbocycles. The monoisotopic (exact) mass is 561 g/mol. The van der Waals surface area contributed by atoms with Crippen molar-refractivity contribution < 1.29 is 24.3 Å². The first-order chi connectivity index (χ1) is 16.4. The molecule has 2 amide bonds. The third-order valence-corrected chi connectivity index (χ3v) is 8.66. The van der Waals surface area contributed by atoms with E-state index in [0.29, 0.717) is 21.4 Å². The Morgan fingerprint density at radius 1 is 1.44 bits per heavy atom. The molecule has 0 bridgehead atoms. The maximum Gasteiger partial charge on any atom is 0.352 e. The van der Waals surface area contributed by atoms with Crippen molar-refractivity contribution in [3.63, 3.8) is 0 Å². The van der Waals surface area contributed by atoms with Crippen LogP contribution in [0.3, 0.4) is 0 Å². The zero-order valence-corrected chi connectivity index (χ0v) is 21.1. The number of thioether (sulfide) groups is 2. The van der Waals surface area contributed by atoms with Gasteiger partial charge in [-0.3, -0.25) is 14.5 Å². The largest absolute Gasteiger partial charge is 0.477 e. The molecular weight excluding hydrogens is 546 g/mol. The average molecular weight is 562 g/mol. The van der Waals surface area contributed by atoms with E-state index in [1.807, 2.05) is 0 Å². The maximum atomic E-state index is 12.9. The second kappa shape index (κ2) is 10.9. The second-order valence-corrected chi connectivity index (χ2v) is 11.1. The topological polar surface area (TPSA) is 173 Å². The summed E-state index contributed by atoms with van der Waals surface area (Å²) in [6.45, 7) is 0.0666. The number of alkyl halides is 1. The van der Waals surface area contributed by atoms with E-state index in [1.165, 1.54) is 45.1 Å². The van der Waals surface area contributed by atoms with Gasteiger partial charge < -0.3 is 21.0 Å². The van der Waals surface area contributed by atoms with E-state index in [2.05, 4.69) is 25.7 Å². The number of nitrogens with zero attached hydrogens (tertiary/aromatic N) is 5. The molecule has 2 aliphatic rings. The number of fused-ring (bicyclic) bond motifs is 1. The van der Waals surface area contributed by atoms with Crippen molar-refractivity contribution in [3.05, 3.63) is 27.9 Å². The number of rotatable bonds is 10. The van der Waals surface area contributed by atoms with Crippen molar-refractivity contribution in [2.75, 3.05) is 29.7 Å². The molecule has 2 atom stereocenters. The summed E-state index contributed by atoms with van der Waals surface area (Å²) < 4.78 is 0.704. The number of nitrogens with one attached hydrogen (secondary N) is 1. The van der Waals surface area contributed by atoms with Crippen LogP contribution in [0.15, 0.2) is 31.7 Å². The smallest absolute Gasteiger partial charge is 0.352 e. The quantitative estimate of drug-likeness (QED) is 0.0945. The molecular formula is C17H16ClN7O5S4. The summed E-state index contributed by atoms with van der Waals surface area (Å²) in [4.78, 5) is 48.1. The predicted octanol–water partition coefficient (Wildman–Crippen LogP) is 1.07. The molecule has 2 aromatic rings. The molecule has 4 rings (SSSR count). The summed E-state index contributed by atoms with van der Waals surface area (Å²) >= 11 is 10.8. The van der Waals surface area contributed by atoms with Crippen LogP contribution in [-0.4, -0.2) is 84.1 Å². The minimum absolute atomic E-state index is 0.0666. The Morgan fingerprint density at radius 3 is 2.91 bits per heavy atom. The molecule has 1 unspecified atom stereocenters. The van der Waals surface area contributed by atoms with E-state index < -0.39 is 29.2 Å². The number of nitrogens with two attached hydrogens (primary N) is 1. The van der Waals surface area contributed by atoms with Gasteiger partial charge in [0.15, 0.2) is 15.2 Å². The van der Waals surface area contributed by atoms with E-state index in [4.69, 9.17) is 22.2 Å². The first-order valence-corrected chi connectivity index (χ1v) is 13.8. The Balaban J connectivity index is 1.49. The number of carboxylic acids is 1. The molecule has 34 heavy (non-hydrogen) atoms. The number of oxime groups is 1. The predicted molar refractivity (Wildman–Crippen MR) is 130 cm³/mol. The number of amides is 2. The Bertz CT molecular complexity index is 1160. The van der Waals surface area contributed by atoms with Crippen LogP contribution in [-0.2, 0) is 19.2 Å². The molecule has 1 saturated heterocycles. The number of halogens is 1. The highest BCUT2D eigenvalue weighted by atomic mass is 35.5. The highest BCUT2D eigenvalue weighted by molar-refractivity contribution is 8.01. The first kappa shape index (κ1) is 24.7. The molecule has 4 heterocycles. The van der Waals surface area contributed by atoms with Crippen LogP contribution in [0, 0.1) is 0 Å². The van der Waals surface area contributed by atoms with Crippen molar-refractivity contribution in [1.29, 1.82) is 0 Å². The SMILES string of the molecule is Nc1nc(C(=NOCCCl)C(=O)NC2C(=O)N3C(C(=O)O)=C(CSc4nncs4)CS[C@H]23)cs1. The molecule has 0 aliphatic carbocycles. The normalized spacial score (nSPS) is 20.1. The summed E-state index contributed by atoms with van der Waals surface area (Å²) in [5.41, 5.74) is 7.81. The van der Waals surface area contributed by atoms with Gasteiger partial charge in [-0.15, -0.1) is 44.9 Å². The van der Waals surface area contributed by atoms with Crippen LogP contribution in [0.25, 0.3) is 0 Å². The number of aliphatic carboxylic acids is 1. The van der Waals surface area contributed by atoms with Crippen molar-refractivity contribution in [3.8, 4) is 0 Å². The Labute approximate surface area is 214 Å². The Hall–Kier alpha value is -2.40. The van der Waals surface area contributed by atoms with Gasteiger partial charge in [0.1, 0.15) is 34.9 Å². The average Bonchev–Trinajstić information content (AvgIpc) is 3.49. The summed E-state index contributed by atoms with van der Waals surface area (Å²) in [6, 6.07) is -0.932. The number of carbonyl (C=O) groups excluding carboxylic acids is 2. The van der Waals surface area contributed by atoms with Gasteiger partial charge in [0.2, 0.25) is 0 Å². The summed E-state index contributed by atoms with van der Waals surface area (Å²) in [5, 5.41) is 25.1. The number of thiazole rings is 1. The number of anilines is 1. The van der Waals surface area contributed by atoms with Gasteiger partial charge in [-0.1, -0.05) is 28.3 Å². The summed E-state index contributed by atoms with van der Waals surface area (Å²) in [6.07, 6.45) is 0. The number of hydrogen-bond acceptors (Lipinski definition) is 13. The van der Waals surface area contributed by atoms with Gasteiger partial charge in [-0.05, 0) is 5.57 Å². The Morgan fingerprint density at radius 2 is 2.26 bits per heavy atom. The van der Waals surface area contributed by atoms with Gasteiger partial charge in [-0.25, -0.2) is 9.78 Å². The van der Waals surface area contributed by atoms with Gasteiger partial charge in [0.25, 0.3) is 11.8 Å². The lowest BCUT2D eigenvalue weighted by Gasteiger charge is -2.49. The number of carboxylic acid groups (broad SMARTS) is 1. The number of carbonyl (C=O) groups is 3. The number of hydrogen-bond donors (Lipinski definition) is 3. The molecule has 4 N–H and O–H groups in total.